The van der Waals surface area contributed by atoms with Gasteiger partial charge < -0.3 is 19.2 Å². The zero-order valence-electron chi connectivity index (χ0n) is 19.7. The second kappa shape index (κ2) is 9.08. The van der Waals surface area contributed by atoms with Crippen molar-refractivity contribution >= 4 is 27.7 Å². The van der Waals surface area contributed by atoms with E-state index >= 15 is 0 Å². The van der Waals surface area contributed by atoms with Crippen molar-refractivity contribution in [2.45, 2.75) is 19.9 Å². The number of furan rings is 1. The Kier molecular flexibility index (Phi) is 5.98. The number of carbonyl (C=O) groups excluding carboxylic acids is 1. The number of aryl methyl sites for hydroxylation is 1. The quantitative estimate of drug-likeness (QED) is 0.440. The van der Waals surface area contributed by atoms with Crippen molar-refractivity contribution in [3.05, 3.63) is 71.2 Å². The number of esters is 1. The number of phenolic OH excluding ortho intramolecular Hbond substituents is 1. The highest BCUT2D eigenvalue weighted by molar-refractivity contribution is 6.16. The van der Waals surface area contributed by atoms with E-state index in [9.17, 15) is 9.90 Å². The summed E-state index contributed by atoms with van der Waals surface area (Å²) in [5.41, 5.74) is 2.57. The number of hydrogen-bond acceptors (Lipinski definition) is 7. The minimum Gasteiger partial charge on any atom is -0.507 e. The summed E-state index contributed by atoms with van der Waals surface area (Å²) in [6.45, 7) is 7.25. The number of aromatic hydroxyl groups is 1. The van der Waals surface area contributed by atoms with Crippen LogP contribution < -0.4 is 0 Å². The molecule has 1 aliphatic rings. The number of likely N-dealkylation sites (N-methyl/N-ethyl adjacent to an activating group) is 1. The molecule has 1 atom stereocenters. The first-order valence-corrected chi connectivity index (χ1v) is 11.7. The van der Waals surface area contributed by atoms with E-state index in [0.717, 1.165) is 37.1 Å². The van der Waals surface area contributed by atoms with E-state index in [0.29, 0.717) is 33.2 Å². The first-order valence-electron chi connectivity index (χ1n) is 11.7. The van der Waals surface area contributed by atoms with Gasteiger partial charge in [-0.3, -0.25) is 9.88 Å². The molecule has 0 amide bonds. The summed E-state index contributed by atoms with van der Waals surface area (Å²) < 4.78 is 11.6. The fourth-order valence-electron chi connectivity index (χ4n) is 5.04. The summed E-state index contributed by atoms with van der Waals surface area (Å²) in [5, 5.41) is 13.8. The number of aromatic nitrogens is 1. The number of benzene rings is 2. The van der Waals surface area contributed by atoms with Gasteiger partial charge in [-0.25, -0.2) is 4.79 Å². The van der Waals surface area contributed by atoms with Gasteiger partial charge in [0.05, 0.1) is 12.6 Å². The van der Waals surface area contributed by atoms with Gasteiger partial charge in [0.15, 0.2) is 0 Å². The van der Waals surface area contributed by atoms with Gasteiger partial charge in [-0.15, -0.1) is 0 Å². The Hall–Kier alpha value is -3.42. The predicted molar refractivity (Wildman–Crippen MR) is 131 cm³/mol. The lowest BCUT2D eigenvalue weighted by atomic mass is 9.89. The molecule has 1 fully saturated rings. The molecule has 1 unspecified atom stereocenters. The number of carbonyl (C=O) groups is 1. The molecule has 1 saturated heterocycles. The van der Waals surface area contributed by atoms with Crippen molar-refractivity contribution in [3.63, 3.8) is 0 Å². The maximum atomic E-state index is 13.1. The highest BCUT2D eigenvalue weighted by atomic mass is 16.5. The molecule has 34 heavy (non-hydrogen) atoms. The van der Waals surface area contributed by atoms with E-state index in [1.165, 1.54) is 0 Å². The van der Waals surface area contributed by atoms with Crippen molar-refractivity contribution in [2.24, 2.45) is 0 Å². The van der Waals surface area contributed by atoms with Gasteiger partial charge in [0.25, 0.3) is 0 Å². The number of ether oxygens (including phenoxy) is 1. The normalized spacial score (nSPS) is 16.2. The molecule has 0 bridgehead atoms. The van der Waals surface area contributed by atoms with Crippen LogP contribution in [0.5, 0.6) is 5.75 Å². The van der Waals surface area contributed by atoms with E-state index in [4.69, 9.17) is 9.15 Å². The minimum absolute atomic E-state index is 0.155. The zero-order chi connectivity index (χ0) is 23.8. The molecule has 7 nitrogen and oxygen atoms in total. The Morgan fingerprint density at radius 1 is 1.15 bits per heavy atom. The fraction of sp³-hybridized carbons (Fsp3) is 0.333. The number of rotatable bonds is 5. The van der Waals surface area contributed by atoms with Crippen LogP contribution in [0.15, 0.2) is 53.2 Å². The van der Waals surface area contributed by atoms with E-state index in [1.807, 2.05) is 42.6 Å². The Morgan fingerprint density at radius 2 is 1.88 bits per heavy atom. The smallest absolute Gasteiger partial charge is 0.342 e. The molecule has 3 heterocycles. The summed E-state index contributed by atoms with van der Waals surface area (Å²) in [5.74, 6) is 0.189. The highest BCUT2D eigenvalue weighted by Crippen LogP contribution is 2.47. The first kappa shape index (κ1) is 22.4. The number of piperazine rings is 1. The second-order valence-electron chi connectivity index (χ2n) is 8.79. The molecule has 0 aliphatic carbocycles. The molecule has 7 heteroatoms. The van der Waals surface area contributed by atoms with Crippen molar-refractivity contribution in [1.82, 2.24) is 14.8 Å². The molecule has 5 rings (SSSR count). The molecule has 1 N–H and O–H groups in total. The van der Waals surface area contributed by atoms with Crippen LogP contribution in [-0.2, 0) is 4.74 Å². The summed E-state index contributed by atoms with van der Waals surface area (Å²) in [6.07, 6.45) is 3.58. The summed E-state index contributed by atoms with van der Waals surface area (Å²) >= 11 is 0. The van der Waals surface area contributed by atoms with Gasteiger partial charge in [-0.05, 0) is 32.5 Å². The summed E-state index contributed by atoms with van der Waals surface area (Å²) in [6, 6.07) is 11.2. The number of phenols is 1. The van der Waals surface area contributed by atoms with E-state index in [2.05, 4.69) is 21.8 Å². The van der Waals surface area contributed by atoms with Crippen LogP contribution in [0, 0.1) is 6.92 Å². The molecule has 176 valence electrons. The SMILES string of the molecule is CCOC(=O)c1c(C)oc2c1c(C(c1cccnc1)N1CCN(C)CC1)c(O)c1ccccc12. The van der Waals surface area contributed by atoms with E-state index in [1.54, 1.807) is 20.0 Å². The van der Waals surface area contributed by atoms with Gasteiger partial charge in [-0.2, -0.15) is 0 Å². The average molecular weight is 460 g/mol. The molecule has 1 aliphatic heterocycles. The Labute approximate surface area is 198 Å². The van der Waals surface area contributed by atoms with Crippen LogP contribution >= 0.6 is 0 Å². The number of pyridine rings is 1. The van der Waals surface area contributed by atoms with Crippen molar-refractivity contribution in [1.29, 1.82) is 0 Å². The number of fused-ring (bicyclic) bond motifs is 3. The standard InChI is InChI=1S/C27H29N3O4/c1-4-33-27(32)21-17(2)34-26-20-10-6-5-9-19(20)25(31)23(22(21)26)24(18-8-7-11-28-16-18)30-14-12-29(3)13-15-30/h5-11,16,24,31H,4,12-15H2,1-3H3. The third-order valence-corrected chi connectivity index (χ3v) is 6.69. The van der Waals surface area contributed by atoms with E-state index < -0.39 is 5.97 Å². The largest absolute Gasteiger partial charge is 0.507 e. The molecular formula is C27H29N3O4. The fourth-order valence-corrected chi connectivity index (χ4v) is 5.04. The minimum atomic E-state index is -0.446. The Balaban J connectivity index is 1.87. The molecule has 4 aromatic rings. The lowest BCUT2D eigenvalue weighted by Gasteiger charge is -2.38. The third-order valence-electron chi connectivity index (χ3n) is 6.69. The molecule has 2 aromatic heterocycles. The Bertz CT molecular complexity index is 1340. The molecule has 0 radical (unpaired) electrons. The third kappa shape index (κ3) is 3.71. The summed E-state index contributed by atoms with van der Waals surface area (Å²) in [4.78, 5) is 22.1. The average Bonchev–Trinajstić information content (AvgIpc) is 3.20. The molecule has 2 aromatic carbocycles. The van der Waals surface area contributed by atoms with Crippen molar-refractivity contribution in [3.8, 4) is 5.75 Å². The van der Waals surface area contributed by atoms with Crippen molar-refractivity contribution in [2.75, 3.05) is 39.8 Å². The Morgan fingerprint density at radius 3 is 2.56 bits per heavy atom. The van der Waals surface area contributed by atoms with Crippen molar-refractivity contribution < 1.29 is 19.1 Å². The van der Waals surface area contributed by atoms with Gasteiger partial charge in [-0.1, -0.05) is 30.3 Å². The van der Waals surface area contributed by atoms with Gasteiger partial charge >= 0.3 is 5.97 Å². The number of nitrogens with zero attached hydrogens (tertiary/aromatic N) is 3. The highest BCUT2D eigenvalue weighted by Gasteiger charge is 2.34. The van der Waals surface area contributed by atoms with Crippen LogP contribution in [0.1, 0.15) is 40.2 Å². The van der Waals surface area contributed by atoms with Crippen LogP contribution in [0.2, 0.25) is 0 Å². The van der Waals surface area contributed by atoms with Crippen LogP contribution in [0.3, 0.4) is 0 Å². The van der Waals surface area contributed by atoms with Gasteiger partial charge in [0.2, 0.25) is 0 Å². The van der Waals surface area contributed by atoms with Gasteiger partial charge in [0.1, 0.15) is 22.7 Å². The monoisotopic (exact) mass is 459 g/mol. The predicted octanol–water partition coefficient (Wildman–Crippen LogP) is 4.51. The molecular weight excluding hydrogens is 430 g/mol. The summed E-state index contributed by atoms with van der Waals surface area (Å²) in [7, 11) is 2.11. The lowest BCUT2D eigenvalue weighted by Crippen LogP contribution is -2.46. The van der Waals surface area contributed by atoms with E-state index in [-0.39, 0.29) is 18.4 Å². The molecule has 0 spiro atoms. The first-order chi connectivity index (χ1) is 16.5. The van der Waals surface area contributed by atoms with Crippen LogP contribution in [0.4, 0.5) is 0 Å². The zero-order valence-corrected chi connectivity index (χ0v) is 19.7. The maximum Gasteiger partial charge on any atom is 0.342 e. The number of hydrogen-bond donors (Lipinski definition) is 1. The van der Waals surface area contributed by atoms with Gasteiger partial charge in [0, 0.05) is 60.3 Å². The second-order valence-corrected chi connectivity index (χ2v) is 8.79. The maximum absolute atomic E-state index is 13.1. The lowest BCUT2D eigenvalue weighted by molar-refractivity contribution is 0.0526. The molecule has 0 saturated carbocycles. The topological polar surface area (TPSA) is 79.0 Å². The van der Waals surface area contributed by atoms with Crippen LogP contribution in [0.25, 0.3) is 21.7 Å². The van der Waals surface area contributed by atoms with Crippen LogP contribution in [-0.4, -0.2) is 65.7 Å².